The lowest BCUT2D eigenvalue weighted by Gasteiger charge is -2.07. The Hall–Kier alpha value is -1.61. The number of nitrogens with zero attached hydrogens (tertiary/aromatic N) is 1. The Morgan fingerprint density at radius 2 is 2.06 bits per heavy atom. The summed E-state index contributed by atoms with van der Waals surface area (Å²) in [6.45, 7) is 9.11. The Labute approximate surface area is 103 Å². The summed E-state index contributed by atoms with van der Waals surface area (Å²) < 4.78 is 5.37. The summed E-state index contributed by atoms with van der Waals surface area (Å²) in [6.07, 6.45) is 1.66. The minimum atomic E-state index is 0.404. The molecule has 1 rings (SSSR count). The summed E-state index contributed by atoms with van der Waals surface area (Å²) in [5.74, 6) is 0. The van der Waals surface area contributed by atoms with E-state index < -0.39 is 0 Å². The topological polar surface area (TPSA) is 30.8 Å². The third-order valence-corrected chi connectivity index (χ3v) is 2.19. The summed E-state index contributed by atoms with van der Waals surface area (Å²) >= 11 is 0. The smallest absolute Gasteiger partial charge is 0.135 e. The quantitative estimate of drug-likeness (QED) is 0.314. The van der Waals surface area contributed by atoms with Crippen molar-refractivity contribution >= 4 is 5.71 Å². The molecule has 92 valence electrons. The summed E-state index contributed by atoms with van der Waals surface area (Å²) in [7, 11) is 0. The maximum absolute atomic E-state index is 5.37. The summed E-state index contributed by atoms with van der Waals surface area (Å²) in [6, 6.07) is 8.13. The maximum atomic E-state index is 5.37. The van der Waals surface area contributed by atoms with Crippen LogP contribution in [0.5, 0.6) is 0 Å². The van der Waals surface area contributed by atoms with Crippen LogP contribution in [0.4, 0.5) is 0 Å². The van der Waals surface area contributed by atoms with Gasteiger partial charge in [0.05, 0.1) is 6.61 Å². The zero-order chi connectivity index (χ0) is 12.5. The first-order valence-corrected chi connectivity index (χ1v) is 5.72. The van der Waals surface area contributed by atoms with Crippen LogP contribution in [0.15, 0.2) is 42.1 Å². The first kappa shape index (κ1) is 13.5. The van der Waals surface area contributed by atoms with Crippen LogP contribution in [0.1, 0.15) is 18.1 Å². The van der Waals surface area contributed by atoms with Gasteiger partial charge in [0.1, 0.15) is 12.3 Å². The minimum Gasteiger partial charge on any atom is -0.391 e. The van der Waals surface area contributed by atoms with Gasteiger partial charge in [-0.15, -0.1) is 0 Å². The molecule has 0 aliphatic rings. The van der Waals surface area contributed by atoms with Crippen molar-refractivity contribution in [2.75, 3.05) is 19.8 Å². The number of ether oxygens (including phenoxy) is 1. The van der Waals surface area contributed by atoms with Gasteiger partial charge in [0.15, 0.2) is 0 Å². The molecule has 3 heteroatoms. The molecule has 0 bridgehead atoms. The Kier molecular flexibility index (Phi) is 6.04. The second-order valence-electron chi connectivity index (χ2n) is 3.63. The third-order valence-electron chi connectivity index (χ3n) is 2.19. The molecule has 0 spiro atoms. The van der Waals surface area contributed by atoms with E-state index in [4.69, 9.17) is 9.57 Å². The van der Waals surface area contributed by atoms with Crippen LogP contribution in [0, 0.1) is 6.92 Å². The number of hydrogen-bond acceptors (Lipinski definition) is 3. The molecule has 1 aromatic carbocycles. The Bertz CT molecular complexity index is 368. The van der Waals surface area contributed by atoms with Crippen molar-refractivity contribution in [2.24, 2.45) is 5.16 Å². The van der Waals surface area contributed by atoms with Crippen LogP contribution in [0.25, 0.3) is 0 Å². The van der Waals surface area contributed by atoms with E-state index in [9.17, 15) is 0 Å². The van der Waals surface area contributed by atoms with E-state index >= 15 is 0 Å². The molecule has 17 heavy (non-hydrogen) atoms. The standard InChI is InChI=1S/C14H19NO2/c1-4-10-17-15-14(11-16-5-2)13-8-6-12(3)7-9-13/h4,6-9H,1,5,10-11H2,2-3H3/b15-14+. The first-order chi connectivity index (χ1) is 8.27. The van der Waals surface area contributed by atoms with Crippen molar-refractivity contribution in [2.45, 2.75) is 13.8 Å². The molecule has 0 atom stereocenters. The maximum Gasteiger partial charge on any atom is 0.135 e. The predicted molar refractivity (Wildman–Crippen MR) is 70.4 cm³/mol. The van der Waals surface area contributed by atoms with Crippen LogP contribution in [-0.2, 0) is 9.57 Å². The average molecular weight is 233 g/mol. The normalized spacial score (nSPS) is 11.3. The fourth-order valence-electron chi connectivity index (χ4n) is 1.27. The molecule has 0 unspecified atom stereocenters. The van der Waals surface area contributed by atoms with E-state index in [-0.39, 0.29) is 0 Å². The van der Waals surface area contributed by atoms with Gasteiger partial charge in [0, 0.05) is 12.2 Å². The van der Waals surface area contributed by atoms with Gasteiger partial charge in [-0.1, -0.05) is 47.6 Å². The highest BCUT2D eigenvalue weighted by Gasteiger charge is 2.04. The molecule has 0 saturated carbocycles. The molecule has 1 aromatic rings. The van der Waals surface area contributed by atoms with Gasteiger partial charge in [-0.25, -0.2) is 0 Å². The fraction of sp³-hybridized carbons (Fsp3) is 0.357. The lowest BCUT2D eigenvalue weighted by molar-refractivity contribution is 0.159. The second-order valence-corrected chi connectivity index (χ2v) is 3.63. The number of benzene rings is 1. The predicted octanol–water partition coefficient (Wildman–Crippen LogP) is 2.94. The van der Waals surface area contributed by atoms with Crippen LogP contribution in [0.2, 0.25) is 0 Å². The van der Waals surface area contributed by atoms with E-state index in [1.165, 1.54) is 5.56 Å². The first-order valence-electron chi connectivity index (χ1n) is 5.72. The van der Waals surface area contributed by atoms with E-state index in [2.05, 4.69) is 18.7 Å². The van der Waals surface area contributed by atoms with Gasteiger partial charge in [-0.05, 0) is 13.8 Å². The molecule has 0 fully saturated rings. The fourth-order valence-corrected chi connectivity index (χ4v) is 1.27. The number of hydrogen-bond donors (Lipinski definition) is 0. The van der Waals surface area contributed by atoms with Gasteiger partial charge in [0.25, 0.3) is 0 Å². The molecule has 0 aliphatic carbocycles. The highest BCUT2D eigenvalue weighted by molar-refractivity contribution is 6.01. The van der Waals surface area contributed by atoms with Gasteiger partial charge in [-0.3, -0.25) is 0 Å². The second kappa shape index (κ2) is 7.63. The highest BCUT2D eigenvalue weighted by atomic mass is 16.6. The largest absolute Gasteiger partial charge is 0.391 e. The molecule has 0 saturated heterocycles. The Morgan fingerprint density at radius 1 is 1.35 bits per heavy atom. The summed E-state index contributed by atoms with van der Waals surface area (Å²) in [4.78, 5) is 5.12. The molecular formula is C14H19NO2. The van der Waals surface area contributed by atoms with Crippen molar-refractivity contribution < 1.29 is 9.57 Å². The van der Waals surface area contributed by atoms with Crippen LogP contribution < -0.4 is 0 Å². The summed E-state index contributed by atoms with van der Waals surface area (Å²) in [5.41, 5.74) is 3.04. The Balaban J connectivity index is 2.77. The SMILES string of the molecule is C=CCO/N=C(\COCC)c1ccc(C)cc1. The molecule has 0 N–H and O–H groups in total. The zero-order valence-electron chi connectivity index (χ0n) is 10.5. The lowest BCUT2D eigenvalue weighted by Crippen LogP contribution is -2.11. The van der Waals surface area contributed by atoms with E-state index in [0.717, 1.165) is 11.3 Å². The van der Waals surface area contributed by atoms with Crippen molar-refractivity contribution in [3.05, 3.63) is 48.0 Å². The number of oxime groups is 1. The zero-order valence-corrected chi connectivity index (χ0v) is 10.5. The van der Waals surface area contributed by atoms with E-state index in [1.807, 2.05) is 31.2 Å². The van der Waals surface area contributed by atoms with Crippen molar-refractivity contribution in [3.8, 4) is 0 Å². The summed E-state index contributed by atoms with van der Waals surface area (Å²) in [5, 5.41) is 4.07. The number of aryl methyl sites for hydroxylation is 1. The minimum absolute atomic E-state index is 0.404. The van der Waals surface area contributed by atoms with Gasteiger partial charge < -0.3 is 9.57 Å². The van der Waals surface area contributed by atoms with Gasteiger partial charge in [-0.2, -0.15) is 0 Å². The monoisotopic (exact) mass is 233 g/mol. The molecule has 3 nitrogen and oxygen atoms in total. The van der Waals surface area contributed by atoms with Crippen LogP contribution in [-0.4, -0.2) is 25.5 Å². The molecule has 0 aliphatic heterocycles. The van der Waals surface area contributed by atoms with E-state index in [1.54, 1.807) is 6.08 Å². The lowest BCUT2D eigenvalue weighted by atomic mass is 10.1. The molecule has 0 aromatic heterocycles. The van der Waals surface area contributed by atoms with Crippen LogP contribution >= 0.6 is 0 Å². The molecule has 0 amide bonds. The van der Waals surface area contributed by atoms with E-state index in [0.29, 0.717) is 19.8 Å². The molecular weight excluding hydrogens is 214 g/mol. The van der Waals surface area contributed by atoms with Crippen molar-refractivity contribution in [1.29, 1.82) is 0 Å². The highest BCUT2D eigenvalue weighted by Crippen LogP contribution is 2.06. The van der Waals surface area contributed by atoms with Gasteiger partial charge >= 0.3 is 0 Å². The van der Waals surface area contributed by atoms with Crippen molar-refractivity contribution in [1.82, 2.24) is 0 Å². The molecule has 0 radical (unpaired) electrons. The molecule has 0 heterocycles. The van der Waals surface area contributed by atoms with Crippen molar-refractivity contribution in [3.63, 3.8) is 0 Å². The Morgan fingerprint density at radius 3 is 2.65 bits per heavy atom. The van der Waals surface area contributed by atoms with Gasteiger partial charge in [0.2, 0.25) is 0 Å². The third kappa shape index (κ3) is 4.83. The number of rotatable bonds is 7. The van der Waals surface area contributed by atoms with Crippen LogP contribution in [0.3, 0.4) is 0 Å². The average Bonchev–Trinajstić information content (AvgIpc) is 2.35.